The SMILES string of the molecule is O=C(Nc1ccccc1S(=O)(=O)N1CCCCC1)c1cc(Cl)sc1Cl. The van der Waals surface area contributed by atoms with E-state index < -0.39 is 15.9 Å². The molecule has 1 N–H and O–H groups in total. The number of carbonyl (C=O) groups excluding carboxylic acids is 1. The van der Waals surface area contributed by atoms with Crippen molar-refractivity contribution >= 4 is 56.2 Å². The largest absolute Gasteiger partial charge is 0.321 e. The van der Waals surface area contributed by atoms with Gasteiger partial charge in [-0.1, -0.05) is 41.8 Å². The molecule has 1 saturated heterocycles. The maximum atomic E-state index is 12.9. The topological polar surface area (TPSA) is 66.5 Å². The minimum atomic E-state index is -3.66. The number of halogens is 2. The van der Waals surface area contributed by atoms with Crippen LogP contribution in [0, 0.1) is 0 Å². The lowest BCUT2D eigenvalue weighted by Gasteiger charge is -2.26. The summed E-state index contributed by atoms with van der Waals surface area (Å²) in [4.78, 5) is 12.5. The molecular weight excluding hydrogens is 403 g/mol. The highest BCUT2D eigenvalue weighted by Crippen LogP contribution is 2.32. The first-order valence-electron chi connectivity index (χ1n) is 7.75. The van der Waals surface area contributed by atoms with Crippen LogP contribution in [-0.4, -0.2) is 31.7 Å². The zero-order valence-electron chi connectivity index (χ0n) is 13.2. The van der Waals surface area contributed by atoms with Crippen molar-refractivity contribution in [2.75, 3.05) is 18.4 Å². The van der Waals surface area contributed by atoms with Crippen molar-refractivity contribution < 1.29 is 13.2 Å². The molecule has 1 aromatic heterocycles. The fourth-order valence-corrected chi connectivity index (χ4v) is 5.85. The van der Waals surface area contributed by atoms with Crippen LogP contribution in [0.1, 0.15) is 29.6 Å². The lowest BCUT2D eigenvalue weighted by atomic mass is 10.2. The molecule has 1 amide bonds. The Balaban J connectivity index is 1.91. The molecule has 0 atom stereocenters. The molecule has 5 nitrogen and oxygen atoms in total. The third-order valence-electron chi connectivity index (χ3n) is 3.97. The first-order chi connectivity index (χ1) is 11.9. The summed E-state index contributed by atoms with van der Waals surface area (Å²) < 4.78 is 28.0. The summed E-state index contributed by atoms with van der Waals surface area (Å²) in [5, 5.41) is 2.64. The molecule has 0 unspecified atom stereocenters. The van der Waals surface area contributed by atoms with E-state index in [2.05, 4.69) is 5.32 Å². The Morgan fingerprint density at radius 2 is 1.80 bits per heavy atom. The van der Waals surface area contributed by atoms with Crippen molar-refractivity contribution in [2.45, 2.75) is 24.2 Å². The van der Waals surface area contributed by atoms with Crippen LogP contribution in [0.25, 0.3) is 0 Å². The molecule has 1 aliphatic rings. The average molecular weight is 419 g/mol. The zero-order valence-corrected chi connectivity index (χ0v) is 16.3. The van der Waals surface area contributed by atoms with Crippen molar-refractivity contribution in [2.24, 2.45) is 0 Å². The molecule has 2 heterocycles. The van der Waals surface area contributed by atoms with E-state index in [1.165, 1.54) is 16.4 Å². The molecule has 0 spiro atoms. The third-order valence-corrected chi connectivity index (χ3v) is 7.41. The predicted octanol–water partition coefficient (Wildman–Crippen LogP) is 4.48. The van der Waals surface area contributed by atoms with Gasteiger partial charge in [0.25, 0.3) is 5.91 Å². The molecule has 134 valence electrons. The van der Waals surface area contributed by atoms with E-state index in [1.807, 2.05) is 0 Å². The Bertz CT molecular complexity index is 891. The number of thiophene rings is 1. The van der Waals surface area contributed by atoms with E-state index in [4.69, 9.17) is 23.2 Å². The molecule has 1 fully saturated rings. The molecule has 0 aliphatic carbocycles. The number of rotatable bonds is 4. The Morgan fingerprint density at radius 3 is 2.44 bits per heavy atom. The van der Waals surface area contributed by atoms with Crippen molar-refractivity contribution in [3.05, 3.63) is 44.6 Å². The van der Waals surface area contributed by atoms with Gasteiger partial charge in [0.1, 0.15) is 9.23 Å². The second-order valence-corrected chi connectivity index (χ2v) is 9.84. The number of hydrogen-bond donors (Lipinski definition) is 1. The van der Waals surface area contributed by atoms with Crippen molar-refractivity contribution in [3.8, 4) is 0 Å². The Morgan fingerprint density at radius 1 is 1.12 bits per heavy atom. The fraction of sp³-hybridized carbons (Fsp3) is 0.312. The normalized spacial score (nSPS) is 15.9. The number of para-hydroxylation sites is 1. The summed E-state index contributed by atoms with van der Waals surface area (Å²) >= 11 is 13.0. The monoisotopic (exact) mass is 418 g/mol. The molecule has 25 heavy (non-hydrogen) atoms. The lowest BCUT2D eigenvalue weighted by Crippen LogP contribution is -2.36. The van der Waals surface area contributed by atoms with E-state index in [-0.39, 0.29) is 20.5 Å². The number of benzene rings is 1. The molecular formula is C16H16Cl2N2O3S2. The van der Waals surface area contributed by atoms with Crippen LogP contribution in [0.5, 0.6) is 0 Å². The molecule has 1 aromatic carbocycles. The summed E-state index contributed by atoms with van der Waals surface area (Å²) in [5.74, 6) is -0.491. The van der Waals surface area contributed by atoms with Crippen LogP contribution in [0.4, 0.5) is 5.69 Å². The van der Waals surface area contributed by atoms with Gasteiger partial charge in [-0.2, -0.15) is 4.31 Å². The van der Waals surface area contributed by atoms with E-state index in [0.29, 0.717) is 17.4 Å². The summed E-state index contributed by atoms with van der Waals surface area (Å²) in [7, 11) is -3.66. The van der Waals surface area contributed by atoms with Crippen LogP contribution in [-0.2, 0) is 10.0 Å². The Labute approximate surface area is 160 Å². The maximum absolute atomic E-state index is 12.9. The highest BCUT2D eigenvalue weighted by Gasteiger charge is 2.28. The van der Waals surface area contributed by atoms with Crippen molar-refractivity contribution in [3.63, 3.8) is 0 Å². The summed E-state index contributed by atoms with van der Waals surface area (Å²) in [6, 6.07) is 7.85. The predicted molar refractivity (Wildman–Crippen MR) is 101 cm³/mol. The maximum Gasteiger partial charge on any atom is 0.258 e. The Hall–Kier alpha value is -1.12. The average Bonchev–Trinajstić information content (AvgIpc) is 2.94. The standard InChI is InChI=1S/C16H16Cl2N2O3S2/c17-14-10-11(15(18)24-14)16(21)19-12-6-2-3-7-13(12)25(22,23)20-8-4-1-5-9-20/h2-3,6-7,10H,1,4-5,8-9H2,(H,19,21). The van der Waals surface area contributed by atoms with Crippen molar-refractivity contribution in [1.82, 2.24) is 4.31 Å². The first kappa shape index (κ1) is 18.7. The van der Waals surface area contributed by atoms with Crippen molar-refractivity contribution in [1.29, 1.82) is 0 Å². The Kier molecular flexibility index (Phi) is 5.70. The highest BCUT2D eigenvalue weighted by molar-refractivity contribution is 7.89. The van der Waals surface area contributed by atoms with Gasteiger partial charge < -0.3 is 5.32 Å². The first-order valence-corrected chi connectivity index (χ1v) is 10.8. The number of carbonyl (C=O) groups is 1. The van der Waals surface area contributed by atoms with Crippen LogP contribution in [0.2, 0.25) is 8.67 Å². The highest BCUT2D eigenvalue weighted by atomic mass is 35.5. The number of sulfonamides is 1. The van der Waals surface area contributed by atoms with Gasteiger partial charge in [0.05, 0.1) is 15.6 Å². The molecule has 0 bridgehead atoms. The van der Waals surface area contributed by atoms with Gasteiger partial charge in [-0.3, -0.25) is 4.79 Å². The van der Waals surface area contributed by atoms with Gasteiger partial charge in [0.15, 0.2) is 0 Å². The van der Waals surface area contributed by atoms with Gasteiger partial charge in [0.2, 0.25) is 10.0 Å². The zero-order chi connectivity index (χ0) is 18.0. The third kappa shape index (κ3) is 4.01. The van der Waals surface area contributed by atoms with Crippen LogP contribution < -0.4 is 5.32 Å². The van der Waals surface area contributed by atoms with Crippen LogP contribution in [0.3, 0.4) is 0 Å². The minimum absolute atomic E-state index is 0.0858. The summed E-state index contributed by atoms with van der Waals surface area (Å²) in [6.07, 6.45) is 2.72. The van der Waals surface area contributed by atoms with E-state index in [9.17, 15) is 13.2 Å². The number of hydrogen-bond acceptors (Lipinski definition) is 4. The number of amides is 1. The summed E-state index contributed by atoms with van der Waals surface area (Å²) in [6.45, 7) is 0.993. The minimum Gasteiger partial charge on any atom is -0.321 e. The smallest absolute Gasteiger partial charge is 0.258 e. The van der Waals surface area contributed by atoms with Gasteiger partial charge >= 0.3 is 0 Å². The number of nitrogens with one attached hydrogen (secondary N) is 1. The fourth-order valence-electron chi connectivity index (χ4n) is 2.72. The number of piperidine rings is 1. The van der Waals surface area contributed by atoms with Gasteiger partial charge in [0, 0.05) is 13.1 Å². The lowest BCUT2D eigenvalue weighted by molar-refractivity contribution is 0.102. The molecule has 3 rings (SSSR count). The number of anilines is 1. The number of nitrogens with zero attached hydrogens (tertiary/aromatic N) is 1. The molecule has 2 aromatic rings. The molecule has 1 aliphatic heterocycles. The van der Waals surface area contributed by atoms with Gasteiger partial charge in [-0.15, -0.1) is 11.3 Å². The van der Waals surface area contributed by atoms with E-state index in [1.54, 1.807) is 18.2 Å². The van der Waals surface area contributed by atoms with Gasteiger partial charge in [-0.05, 0) is 31.0 Å². The van der Waals surface area contributed by atoms with Gasteiger partial charge in [-0.25, -0.2) is 8.42 Å². The van der Waals surface area contributed by atoms with E-state index in [0.717, 1.165) is 30.6 Å². The molecule has 0 saturated carbocycles. The molecule has 9 heteroatoms. The van der Waals surface area contributed by atoms with E-state index >= 15 is 0 Å². The second-order valence-electron chi connectivity index (χ2n) is 5.65. The van der Waals surface area contributed by atoms with Crippen LogP contribution in [0.15, 0.2) is 35.2 Å². The summed E-state index contributed by atoms with van der Waals surface area (Å²) in [5.41, 5.74) is 0.457. The second kappa shape index (κ2) is 7.63. The van der Waals surface area contributed by atoms with Crippen LogP contribution >= 0.6 is 34.5 Å². The quantitative estimate of drug-likeness (QED) is 0.795. The molecule has 0 radical (unpaired) electrons.